The van der Waals surface area contributed by atoms with Gasteiger partial charge in [-0.2, -0.15) is 0 Å². The number of carbonyl (C=O) groups excluding carboxylic acids is 2. The maximum absolute atomic E-state index is 11.6. The molecule has 0 bridgehead atoms. The van der Waals surface area contributed by atoms with Gasteiger partial charge in [0.05, 0.1) is 18.4 Å². The Bertz CT molecular complexity index is 363. The molecule has 0 fully saturated rings. The number of nitrogens with one attached hydrogen (secondary N) is 1. The van der Waals surface area contributed by atoms with E-state index in [2.05, 4.69) is 12.2 Å². The Balaban J connectivity index is 0. The molecule has 2 N–H and O–H groups in total. The Morgan fingerprint density at radius 2 is 1.38 bits per heavy atom. The quantitative estimate of drug-likeness (QED) is 0.291. The zero-order valence-electron chi connectivity index (χ0n) is 15.1. The first kappa shape index (κ1) is 25.6. The number of rotatable bonds is 15. The maximum Gasteiger partial charge on any atom is 1.00 e. The normalized spacial score (nSPS) is 11.4. The van der Waals surface area contributed by atoms with Gasteiger partial charge in [-0.25, -0.2) is 0 Å². The monoisotopic (exact) mass is 351 g/mol. The molecule has 0 radical (unpaired) electrons. The Kier molecular flexibility index (Phi) is 18.4. The van der Waals surface area contributed by atoms with Crippen molar-refractivity contribution in [3.63, 3.8) is 0 Å². The predicted molar refractivity (Wildman–Crippen MR) is 85.7 cm³/mol. The number of carbonyl (C=O) groups is 3. The summed E-state index contributed by atoms with van der Waals surface area (Å²) in [4.78, 5) is 32.8. The Hall–Kier alpha value is -0.590. The number of unbranched alkanes of at least 4 members (excludes halogenated alkanes) is 9. The van der Waals surface area contributed by atoms with Gasteiger partial charge < -0.3 is 20.3 Å². The molecule has 0 saturated carbocycles. The summed E-state index contributed by atoms with van der Waals surface area (Å²) in [6, 6.07) is -1.46. The second-order valence-corrected chi connectivity index (χ2v) is 5.97. The fourth-order valence-corrected chi connectivity index (χ4v) is 2.41. The molecule has 0 aromatic carbocycles. The summed E-state index contributed by atoms with van der Waals surface area (Å²) in [7, 11) is 0. The molecule has 0 aromatic heterocycles. The molecule has 24 heavy (non-hydrogen) atoms. The third kappa shape index (κ3) is 16.3. The molecule has 7 heteroatoms. The molecule has 0 aliphatic carbocycles. The molecule has 0 saturated heterocycles. The summed E-state index contributed by atoms with van der Waals surface area (Å²) in [5.41, 5.74) is 0. The van der Waals surface area contributed by atoms with Gasteiger partial charge in [0.2, 0.25) is 5.91 Å². The first-order chi connectivity index (χ1) is 11.0. The largest absolute Gasteiger partial charge is 1.00 e. The van der Waals surface area contributed by atoms with Crippen LogP contribution in [0.3, 0.4) is 0 Å². The number of carboxylic acids is 2. The fourth-order valence-electron chi connectivity index (χ4n) is 2.41. The smallest absolute Gasteiger partial charge is 0.548 e. The van der Waals surface area contributed by atoms with Crippen molar-refractivity contribution in [2.24, 2.45) is 0 Å². The molecule has 0 unspecified atom stereocenters. The Labute approximate surface area is 167 Å². The first-order valence-corrected chi connectivity index (χ1v) is 8.69. The molecule has 6 nitrogen and oxygen atoms in total. The minimum Gasteiger partial charge on any atom is -0.548 e. The summed E-state index contributed by atoms with van der Waals surface area (Å²) >= 11 is 0. The molecular formula is C17H30NNaO5. The number of aliphatic carboxylic acids is 2. The van der Waals surface area contributed by atoms with Crippen LogP contribution in [0.25, 0.3) is 0 Å². The van der Waals surface area contributed by atoms with Gasteiger partial charge >= 0.3 is 35.5 Å². The second kappa shape index (κ2) is 17.2. The van der Waals surface area contributed by atoms with E-state index in [0.29, 0.717) is 6.42 Å². The van der Waals surface area contributed by atoms with Crippen molar-refractivity contribution in [2.45, 2.75) is 90.0 Å². The van der Waals surface area contributed by atoms with Gasteiger partial charge in [-0.15, -0.1) is 0 Å². The van der Waals surface area contributed by atoms with Gasteiger partial charge in [-0.1, -0.05) is 64.7 Å². The summed E-state index contributed by atoms with van der Waals surface area (Å²) in [6.45, 7) is 2.20. The van der Waals surface area contributed by atoms with Crippen molar-refractivity contribution in [2.75, 3.05) is 0 Å². The second-order valence-electron chi connectivity index (χ2n) is 5.97. The van der Waals surface area contributed by atoms with Gasteiger partial charge in [0.1, 0.15) is 0 Å². The van der Waals surface area contributed by atoms with Crippen LogP contribution < -0.4 is 40.0 Å². The average Bonchev–Trinajstić information content (AvgIpc) is 2.48. The van der Waals surface area contributed by atoms with E-state index < -0.39 is 30.3 Å². The van der Waals surface area contributed by atoms with Crippen LogP contribution in [-0.4, -0.2) is 29.0 Å². The molecule has 0 rings (SSSR count). The van der Waals surface area contributed by atoms with Crippen LogP contribution in [0.2, 0.25) is 0 Å². The van der Waals surface area contributed by atoms with Crippen LogP contribution in [0.5, 0.6) is 0 Å². The third-order valence-corrected chi connectivity index (χ3v) is 3.76. The van der Waals surface area contributed by atoms with Gasteiger partial charge in [-0.3, -0.25) is 9.59 Å². The standard InChI is InChI=1S/C17H31NO5.Na/c1-2-3-4-5-6-7-8-9-10-11-12-15(19)18-14(17(22)23)13-16(20)21;/h14H,2-13H2,1H3,(H,18,19)(H,20,21)(H,22,23);/q;+1/p-1/t14-;/m0./s1. The van der Waals surface area contributed by atoms with Crippen molar-refractivity contribution in [1.82, 2.24) is 5.32 Å². The van der Waals surface area contributed by atoms with Gasteiger partial charge in [0.25, 0.3) is 0 Å². The molecule has 0 aliphatic heterocycles. The molecule has 1 atom stereocenters. The molecular weight excluding hydrogens is 321 g/mol. The van der Waals surface area contributed by atoms with Crippen LogP contribution in [-0.2, 0) is 14.4 Å². The topological polar surface area (TPSA) is 107 Å². The first-order valence-electron chi connectivity index (χ1n) is 8.69. The SMILES string of the molecule is CCCCCCCCCCCCC(=O)N[C@@H](CC(=O)O)C(=O)[O-].[Na+]. The van der Waals surface area contributed by atoms with Crippen molar-refractivity contribution < 1.29 is 54.2 Å². The Morgan fingerprint density at radius 1 is 0.917 bits per heavy atom. The molecule has 0 heterocycles. The summed E-state index contributed by atoms with van der Waals surface area (Å²) in [5.74, 6) is -3.28. The molecule has 0 aliphatic rings. The van der Waals surface area contributed by atoms with Crippen molar-refractivity contribution in [3.05, 3.63) is 0 Å². The fraction of sp³-hybridized carbons (Fsp3) is 0.824. The van der Waals surface area contributed by atoms with E-state index >= 15 is 0 Å². The van der Waals surface area contributed by atoms with Gasteiger partial charge in [-0.05, 0) is 6.42 Å². The predicted octanol–water partition coefficient (Wildman–Crippen LogP) is -0.989. The average molecular weight is 351 g/mol. The molecule has 0 spiro atoms. The summed E-state index contributed by atoms with van der Waals surface area (Å²) in [6.07, 6.45) is 11.1. The van der Waals surface area contributed by atoms with E-state index in [1.165, 1.54) is 38.5 Å². The molecule has 134 valence electrons. The van der Waals surface area contributed by atoms with Crippen LogP contribution in [0.4, 0.5) is 0 Å². The van der Waals surface area contributed by atoms with E-state index in [4.69, 9.17) is 5.11 Å². The van der Waals surface area contributed by atoms with Crippen molar-refractivity contribution >= 4 is 17.8 Å². The number of hydrogen-bond donors (Lipinski definition) is 2. The van der Waals surface area contributed by atoms with Crippen molar-refractivity contribution in [1.29, 1.82) is 0 Å². The minimum atomic E-state index is -1.57. The van der Waals surface area contributed by atoms with Crippen LogP contribution in [0.15, 0.2) is 0 Å². The van der Waals surface area contributed by atoms with E-state index in [1.54, 1.807) is 0 Å². The minimum absolute atomic E-state index is 0. The zero-order valence-corrected chi connectivity index (χ0v) is 17.1. The van der Waals surface area contributed by atoms with E-state index in [1.807, 2.05) is 0 Å². The van der Waals surface area contributed by atoms with E-state index in [9.17, 15) is 19.5 Å². The van der Waals surface area contributed by atoms with Crippen LogP contribution in [0, 0.1) is 0 Å². The van der Waals surface area contributed by atoms with E-state index in [0.717, 1.165) is 19.3 Å². The van der Waals surface area contributed by atoms with Crippen LogP contribution >= 0.6 is 0 Å². The van der Waals surface area contributed by atoms with Gasteiger partial charge in [0, 0.05) is 6.42 Å². The number of carboxylic acid groups (broad SMARTS) is 2. The van der Waals surface area contributed by atoms with Crippen LogP contribution in [0.1, 0.15) is 84.0 Å². The van der Waals surface area contributed by atoms with Crippen molar-refractivity contribution in [3.8, 4) is 0 Å². The number of hydrogen-bond acceptors (Lipinski definition) is 4. The third-order valence-electron chi connectivity index (χ3n) is 3.76. The number of amides is 1. The Morgan fingerprint density at radius 3 is 1.79 bits per heavy atom. The molecule has 1 amide bonds. The van der Waals surface area contributed by atoms with E-state index in [-0.39, 0.29) is 36.0 Å². The van der Waals surface area contributed by atoms with Gasteiger partial charge in [0.15, 0.2) is 0 Å². The summed E-state index contributed by atoms with van der Waals surface area (Å²) in [5, 5.41) is 21.5. The summed E-state index contributed by atoms with van der Waals surface area (Å²) < 4.78 is 0. The maximum atomic E-state index is 11.6. The zero-order chi connectivity index (χ0) is 17.5. The molecule has 0 aromatic rings.